The molecule has 0 aliphatic carbocycles. The molecule has 0 aromatic heterocycles. The minimum Gasteiger partial charge on any atom is -0.384 e. The van der Waals surface area contributed by atoms with Crippen molar-refractivity contribution in [3.63, 3.8) is 0 Å². The molecular formula is C20H31N3O3. The molecule has 2 rings (SSSR count). The number of rotatable bonds is 8. The van der Waals surface area contributed by atoms with Crippen LogP contribution in [0.1, 0.15) is 38.7 Å². The number of hydrogen-bond donors (Lipinski definition) is 3. The molecule has 1 aromatic rings. The molecule has 0 spiro atoms. The van der Waals surface area contributed by atoms with E-state index in [2.05, 4.69) is 16.0 Å². The van der Waals surface area contributed by atoms with Gasteiger partial charge in [0.15, 0.2) is 0 Å². The van der Waals surface area contributed by atoms with E-state index in [1.807, 2.05) is 38.1 Å². The molecule has 1 atom stereocenters. The molecule has 6 heteroatoms. The molecule has 1 aromatic carbocycles. The van der Waals surface area contributed by atoms with E-state index < -0.39 is 5.41 Å². The lowest BCUT2D eigenvalue weighted by Crippen LogP contribution is -2.49. The Morgan fingerprint density at radius 2 is 2.04 bits per heavy atom. The summed E-state index contributed by atoms with van der Waals surface area (Å²) in [5.74, 6) is 0.0319. The van der Waals surface area contributed by atoms with Crippen LogP contribution in [0.3, 0.4) is 0 Å². The van der Waals surface area contributed by atoms with Crippen LogP contribution in [0.5, 0.6) is 0 Å². The van der Waals surface area contributed by atoms with Gasteiger partial charge in [-0.1, -0.05) is 26.0 Å². The predicted molar refractivity (Wildman–Crippen MR) is 103 cm³/mol. The van der Waals surface area contributed by atoms with Crippen LogP contribution < -0.4 is 16.0 Å². The van der Waals surface area contributed by atoms with E-state index in [9.17, 15) is 9.59 Å². The van der Waals surface area contributed by atoms with Crippen molar-refractivity contribution in [3.8, 4) is 0 Å². The second kappa shape index (κ2) is 9.69. The fourth-order valence-electron chi connectivity index (χ4n) is 3.20. The highest BCUT2D eigenvalue weighted by molar-refractivity contribution is 5.92. The van der Waals surface area contributed by atoms with Crippen molar-refractivity contribution in [1.29, 1.82) is 0 Å². The van der Waals surface area contributed by atoms with Crippen LogP contribution in [0.15, 0.2) is 24.3 Å². The van der Waals surface area contributed by atoms with Gasteiger partial charge in [-0.2, -0.15) is 0 Å². The number of benzene rings is 1. The topological polar surface area (TPSA) is 79.5 Å². The first kappa shape index (κ1) is 20.4. The van der Waals surface area contributed by atoms with Crippen LogP contribution in [0.2, 0.25) is 0 Å². The predicted octanol–water partition coefficient (Wildman–Crippen LogP) is 2.30. The van der Waals surface area contributed by atoms with Gasteiger partial charge in [-0.3, -0.25) is 9.59 Å². The number of amides is 2. The maximum absolute atomic E-state index is 12.8. The minimum atomic E-state index is -0.456. The van der Waals surface area contributed by atoms with Gasteiger partial charge in [0.05, 0.1) is 12.0 Å². The molecule has 1 unspecified atom stereocenters. The average Bonchev–Trinajstić information content (AvgIpc) is 2.66. The lowest BCUT2D eigenvalue weighted by Gasteiger charge is -2.35. The van der Waals surface area contributed by atoms with E-state index in [4.69, 9.17) is 4.74 Å². The van der Waals surface area contributed by atoms with Crippen molar-refractivity contribution in [1.82, 2.24) is 10.6 Å². The van der Waals surface area contributed by atoms with Crippen LogP contribution in [0.4, 0.5) is 5.69 Å². The minimum absolute atomic E-state index is 0.0161. The Hall–Kier alpha value is -1.92. The number of hydrogen-bond acceptors (Lipinski definition) is 4. The lowest BCUT2D eigenvalue weighted by atomic mass is 9.78. The average molecular weight is 361 g/mol. The van der Waals surface area contributed by atoms with E-state index in [1.54, 1.807) is 7.11 Å². The van der Waals surface area contributed by atoms with Crippen molar-refractivity contribution < 1.29 is 14.3 Å². The largest absolute Gasteiger partial charge is 0.384 e. The summed E-state index contributed by atoms with van der Waals surface area (Å²) < 4.78 is 5.32. The summed E-state index contributed by atoms with van der Waals surface area (Å²) in [5.41, 5.74) is 1.26. The van der Waals surface area contributed by atoms with E-state index in [-0.39, 0.29) is 17.7 Å². The third-order valence-corrected chi connectivity index (χ3v) is 5.17. The smallest absolute Gasteiger partial charge is 0.228 e. The monoisotopic (exact) mass is 361 g/mol. The Balaban J connectivity index is 1.97. The first-order valence-electron chi connectivity index (χ1n) is 9.38. The van der Waals surface area contributed by atoms with Gasteiger partial charge in [-0.05, 0) is 50.0 Å². The third kappa shape index (κ3) is 5.29. The molecular weight excluding hydrogens is 330 g/mol. The van der Waals surface area contributed by atoms with E-state index in [0.717, 1.165) is 43.6 Å². The molecule has 0 bridgehead atoms. The standard InChI is InChI=1S/C20H31N3O3/c1-4-15(2)18(24)23-17-7-5-6-16(12-17)13-22-19(25)20(14-26-3)8-10-21-11-9-20/h5-7,12,15,21H,4,8-11,13-14H2,1-3H3,(H,22,25)(H,23,24). The van der Waals surface area contributed by atoms with Gasteiger partial charge in [0.25, 0.3) is 0 Å². The second-order valence-corrected chi connectivity index (χ2v) is 7.14. The SMILES string of the molecule is CCC(C)C(=O)Nc1cccc(CNC(=O)C2(COC)CCNCC2)c1. The molecule has 3 N–H and O–H groups in total. The fraction of sp³-hybridized carbons (Fsp3) is 0.600. The molecule has 0 saturated carbocycles. The van der Waals surface area contributed by atoms with Crippen molar-refractivity contribution in [3.05, 3.63) is 29.8 Å². The van der Waals surface area contributed by atoms with Gasteiger partial charge in [-0.15, -0.1) is 0 Å². The zero-order valence-corrected chi connectivity index (χ0v) is 16.1. The Morgan fingerprint density at radius 3 is 2.69 bits per heavy atom. The first-order chi connectivity index (χ1) is 12.5. The van der Waals surface area contributed by atoms with Crippen molar-refractivity contribution in [2.45, 2.75) is 39.7 Å². The Labute approximate surface area is 156 Å². The quantitative estimate of drug-likeness (QED) is 0.664. The molecule has 26 heavy (non-hydrogen) atoms. The van der Waals surface area contributed by atoms with Crippen molar-refractivity contribution in [2.24, 2.45) is 11.3 Å². The highest BCUT2D eigenvalue weighted by Gasteiger charge is 2.39. The van der Waals surface area contributed by atoms with Crippen LogP contribution in [-0.4, -0.2) is 38.6 Å². The van der Waals surface area contributed by atoms with Gasteiger partial charge in [-0.25, -0.2) is 0 Å². The van der Waals surface area contributed by atoms with Crippen LogP contribution in [0, 0.1) is 11.3 Å². The summed E-state index contributed by atoms with van der Waals surface area (Å²) >= 11 is 0. The molecule has 1 fully saturated rings. The molecule has 1 saturated heterocycles. The Kier molecular flexibility index (Phi) is 7.60. The van der Waals surface area contributed by atoms with Gasteiger partial charge in [0.1, 0.15) is 0 Å². The van der Waals surface area contributed by atoms with Crippen molar-refractivity contribution in [2.75, 3.05) is 32.1 Å². The molecule has 1 aliphatic rings. The summed E-state index contributed by atoms with van der Waals surface area (Å²) in [5, 5.41) is 9.27. The zero-order chi connectivity index (χ0) is 19.0. The van der Waals surface area contributed by atoms with Crippen LogP contribution in [0.25, 0.3) is 0 Å². The van der Waals surface area contributed by atoms with Gasteiger partial charge >= 0.3 is 0 Å². The van der Waals surface area contributed by atoms with Gasteiger partial charge in [0.2, 0.25) is 11.8 Å². The number of methoxy groups -OCH3 is 1. The Morgan fingerprint density at radius 1 is 1.31 bits per heavy atom. The molecule has 144 valence electrons. The summed E-state index contributed by atoms with van der Waals surface area (Å²) in [6, 6.07) is 7.62. The number of piperidine rings is 1. The van der Waals surface area contributed by atoms with Gasteiger partial charge in [0, 0.05) is 25.3 Å². The lowest BCUT2D eigenvalue weighted by molar-refractivity contribution is -0.136. The Bertz CT molecular complexity index is 607. The molecule has 1 heterocycles. The van der Waals surface area contributed by atoms with Crippen molar-refractivity contribution >= 4 is 17.5 Å². The zero-order valence-electron chi connectivity index (χ0n) is 16.1. The van der Waals surface area contributed by atoms with E-state index >= 15 is 0 Å². The highest BCUT2D eigenvalue weighted by atomic mass is 16.5. The maximum Gasteiger partial charge on any atom is 0.228 e. The molecule has 2 amide bonds. The van der Waals surface area contributed by atoms with Crippen LogP contribution in [-0.2, 0) is 20.9 Å². The van der Waals surface area contributed by atoms with E-state index in [0.29, 0.717) is 13.2 Å². The number of carbonyl (C=O) groups is 2. The highest BCUT2D eigenvalue weighted by Crippen LogP contribution is 2.29. The second-order valence-electron chi connectivity index (χ2n) is 7.14. The molecule has 6 nitrogen and oxygen atoms in total. The maximum atomic E-state index is 12.8. The normalized spacial score (nSPS) is 17.3. The summed E-state index contributed by atoms with van der Waals surface area (Å²) in [6.07, 6.45) is 2.35. The molecule has 1 aliphatic heterocycles. The number of nitrogens with one attached hydrogen (secondary N) is 3. The fourth-order valence-corrected chi connectivity index (χ4v) is 3.20. The number of ether oxygens (including phenoxy) is 1. The van der Waals surface area contributed by atoms with Crippen LogP contribution >= 0.6 is 0 Å². The van der Waals surface area contributed by atoms with E-state index in [1.165, 1.54) is 0 Å². The molecule has 0 radical (unpaired) electrons. The summed E-state index contributed by atoms with van der Waals surface area (Å²) in [4.78, 5) is 24.8. The number of carbonyl (C=O) groups excluding carboxylic acids is 2. The summed E-state index contributed by atoms with van der Waals surface area (Å²) in [6.45, 7) is 6.43. The number of anilines is 1. The van der Waals surface area contributed by atoms with Gasteiger partial charge < -0.3 is 20.7 Å². The third-order valence-electron chi connectivity index (χ3n) is 5.17. The summed E-state index contributed by atoms with van der Waals surface area (Å²) in [7, 11) is 1.64. The first-order valence-corrected chi connectivity index (χ1v) is 9.38.